The number of nitrogens with zero attached hydrogens (tertiary/aromatic N) is 2. The first-order valence-electron chi connectivity index (χ1n) is 8.21. The van der Waals surface area contributed by atoms with Crippen LogP contribution in [0, 0.1) is 19.7 Å². The highest BCUT2D eigenvalue weighted by Gasteiger charge is 2.19. The molecule has 0 saturated heterocycles. The first kappa shape index (κ1) is 18.5. The van der Waals surface area contributed by atoms with Crippen molar-refractivity contribution in [3.8, 4) is 5.69 Å². The number of aryl methyl sites for hydroxylation is 1. The molecular formula is C19H18FN5OS. The number of carbonyl (C=O) groups excluding carboxylic acids is 1. The maximum Gasteiger partial charge on any atom is 0.273 e. The molecule has 0 fully saturated rings. The summed E-state index contributed by atoms with van der Waals surface area (Å²) in [5.74, 6) is -0.825. The van der Waals surface area contributed by atoms with E-state index in [9.17, 15) is 9.18 Å². The van der Waals surface area contributed by atoms with Gasteiger partial charge in [0.05, 0.1) is 28.3 Å². The van der Waals surface area contributed by atoms with E-state index in [1.54, 1.807) is 29.8 Å². The zero-order valence-electron chi connectivity index (χ0n) is 14.8. The molecule has 0 unspecified atom stereocenters. The van der Waals surface area contributed by atoms with Crippen molar-refractivity contribution in [2.45, 2.75) is 13.8 Å². The summed E-state index contributed by atoms with van der Waals surface area (Å²) in [7, 11) is 0. The van der Waals surface area contributed by atoms with Crippen molar-refractivity contribution in [2.75, 3.05) is 5.32 Å². The van der Waals surface area contributed by atoms with Gasteiger partial charge in [0.15, 0.2) is 5.11 Å². The summed E-state index contributed by atoms with van der Waals surface area (Å²) in [5, 5.41) is 7.19. The molecule has 8 heteroatoms. The molecule has 0 aliphatic rings. The highest BCUT2D eigenvalue weighted by Crippen LogP contribution is 2.17. The van der Waals surface area contributed by atoms with Gasteiger partial charge in [0, 0.05) is 0 Å². The molecule has 3 rings (SSSR count). The molecule has 3 aromatic rings. The van der Waals surface area contributed by atoms with Gasteiger partial charge in [0.1, 0.15) is 5.82 Å². The summed E-state index contributed by atoms with van der Waals surface area (Å²) in [5.41, 5.74) is 7.90. The Labute approximate surface area is 161 Å². The summed E-state index contributed by atoms with van der Waals surface area (Å²) < 4.78 is 15.3. The van der Waals surface area contributed by atoms with Crippen molar-refractivity contribution in [1.29, 1.82) is 0 Å². The van der Waals surface area contributed by atoms with Crippen molar-refractivity contribution in [2.24, 2.45) is 0 Å². The van der Waals surface area contributed by atoms with Crippen molar-refractivity contribution in [1.82, 2.24) is 20.6 Å². The number of rotatable bonds is 3. The SMILES string of the molecule is Cc1nn(-c2ccccc2)c(C)c1C(=O)NNC(=S)Nc1ccccc1F. The lowest BCUT2D eigenvalue weighted by molar-refractivity contribution is 0.0943. The quantitative estimate of drug-likeness (QED) is 0.478. The Balaban J connectivity index is 1.69. The highest BCUT2D eigenvalue weighted by molar-refractivity contribution is 7.80. The first-order chi connectivity index (χ1) is 13.0. The average molecular weight is 383 g/mol. The maximum atomic E-state index is 13.6. The normalized spacial score (nSPS) is 10.3. The van der Waals surface area contributed by atoms with Crippen LogP contribution < -0.4 is 16.2 Å². The molecule has 3 N–H and O–H groups in total. The van der Waals surface area contributed by atoms with Gasteiger partial charge < -0.3 is 5.32 Å². The third-order valence-corrected chi connectivity index (χ3v) is 4.13. The van der Waals surface area contributed by atoms with Gasteiger partial charge in [-0.15, -0.1) is 0 Å². The van der Waals surface area contributed by atoms with E-state index in [4.69, 9.17) is 12.2 Å². The predicted octanol–water partition coefficient (Wildman–Crippen LogP) is 3.26. The van der Waals surface area contributed by atoms with Crippen LogP contribution in [0.3, 0.4) is 0 Å². The minimum absolute atomic E-state index is 0.0687. The van der Waals surface area contributed by atoms with E-state index in [-0.39, 0.29) is 16.7 Å². The lowest BCUT2D eigenvalue weighted by Crippen LogP contribution is -2.44. The van der Waals surface area contributed by atoms with Crippen LogP contribution in [0.25, 0.3) is 5.69 Å². The summed E-state index contributed by atoms with van der Waals surface area (Å²) in [6.45, 7) is 3.58. The largest absolute Gasteiger partial charge is 0.329 e. The van der Waals surface area contributed by atoms with Gasteiger partial charge in [0.25, 0.3) is 5.91 Å². The lowest BCUT2D eigenvalue weighted by Gasteiger charge is -2.12. The molecule has 0 atom stereocenters. The molecule has 0 saturated carbocycles. The van der Waals surface area contributed by atoms with E-state index in [1.807, 2.05) is 37.3 Å². The molecule has 1 amide bonds. The Hall–Kier alpha value is -3.26. The fraction of sp³-hybridized carbons (Fsp3) is 0.105. The molecule has 0 aliphatic carbocycles. The Kier molecular flexibility index (Phi) is 5.46. The number of hydrogen-bond acceptors (Lipinski definition) is 3. The second-order valence-electron chi connectivity index (χ2n) is 5.81. The van der Waals surface area contributed by atoms with E-state index in [0.29, 0.717) is 17.0 Å². The van der Waals surface area contributed by atoms with Gasteiger partial charge >= 0.3 is 0 Å². The third-order valence-electron chi connectivity index (χ3n) is 3.93. The molecule has 0 bridgehead atoms. The Bertz CT molecular complexity index is 987. The van der Waals surface area contributed by atoms with E-state index in [2.05, 4.69) is 21.3 Å². The van der Waals surface area contributed by atoms with Crippen LogP contribution in [0.15, 0.2) is 54.6 Å². The molecule has 0 spiro atoms. The molecule has 2 aromatic carbocycles. The Morgan fingerprint density at radius 2 is 1.70 bits per heavy atom. The number of hydrazine groups is 1. The molecular weight excluding hydrogens is 365 g/mol. The van der Waals surface area contributed by atoms with Gasteiger partial charge in [-0.3, -0.25) is 15.6 Å². The third kappa shape index (κ3) is 4.12. The standard InChI is InChI=1S/C19H18FN5OS/c1-12-17(13(2)25(24-12)14-8-4-3-5-9-14)18(26)22-23-19(27)21-16-11-7-6-10-15(16)20/h3-11H,1-2H3,(H,22,26)(H2,21,23,27). The van der Waals surface area contributed by atoms with Crippen LogP contribution in [0.5, 0.6) is 0 Å². The zero-order chi connectivity index (χ0) is 19.4. The van der Waals surface area contributed by atoms with E-state index >= 15 is 0 Å². The van der Waals surface area contributed by atoms with E-state index < -0.39 is 5.82 Å². The van der Waals surface area contributed by atoms with E-state index in [0.717, 1.165) is 5.69 Å². The molecule has 6 nitrogen and oxygen atoms in total. The highest BCUT2D eigenvalue weighted by atomic mass is 32.1. The number of amides is 1. The van der Waals surface area contributed by atoms with Crippen LogP contribution in [-0.4, -0.2) is 20.8 Å². The van der Waals surface area contributed by atoms with Crippen LogP contribution in [0.2, 0.25) is 0 Å². The van der Waals surface area contributed by atoms with Gasteiger partial charge in [-0.05, 0) is 50.3 Å². The topological polar surface area (TPSA) is 71.0 Å². The summed E-state index contributed by atoms with van der Waals surface area (Å²) in [4.78, 5) is 12.6. The second kappa shape index (κ2) is 7.96. The Morgan fingerprint density at radius 3 is 2.41 bits per heavy atom. The minimum atomic E-state index is -0.441. The maximum absolute atomic E-state index is 13.6. The summed E-state index contributed by atoms with van der Waals surface area (Å²) >= 11 is 5.09. The monoisotopic (exact) mass is 383 g/mol. The van der Waals surface area contributed by atoms with Gasteiger partial charge in [-0.2, -0.15) is 5.10 Å². The number of aromatic nitrogens is 2. The fourth-order valence-electron chi connectivity index (χ4n) is 2.68. The smallest absolute Gasteiger partial charge is 0.273 e. The van der Waals surface area contributed by atoms with Crippen LogP contribution in [0.1, 0.15) is 21.7 Å². The van der Waals surface area contributed by atoms with Crippen molar-refractivity contribution in [3.05, 3.63) is 77.4 Å². The number of benzene rings is 2. The fourth-order valence-corrected chi connectivity index (χ4v) is 2.85. The lowest BCUT2D eigenvalue weighted by atomic mass is 10.2. The van der Waals surface area contributed by atoms with Gasteiger partial charge in [0.2, 0.25) is 0 Å². The van der Waals surface area contributed by atoms with Crippen molar-refractivity contribution in [3.63, 3.8) is 0 Å². The number of para-hydroxylation sites is 2. The molecule has 138 valence electrons. The Morgan fingerprint density at radius 1 is 1.04 bits per heavy atom. The summed E-state index contributed by atoms with van der Waals surface area (Å²) in [6.07, 6.45) is 0. The second-order valence-corrected chi connectivity index (χ2v) is 6.21. The molecule has 0 radical (unpaired) electrons. The van der Waals surface area contributed by atoms with Crippen molar-refractivity contribution < 1.29 is 9.18 Å². The van der Waals surface area contributed by atoms with Crippen molar-refractivity contribution >= 4 is 28.9 Å². The number of anilines is 1. The number of carbonyl (C=O) groups is 1. The van der Waals surface area contributed by atoms with Gasteiger partial charge in [-0.1, -0.05) is 30.3 Å². The van der Waals surface area contributed by atoms with Crippen LogP contribution >= 0.6 is 12.2 Å². The number of halogens is 1. The molecule has 1 aromatic heterocycles. The number of hydrogen-bond donors (Lipinski definition) is 3. The zero-order valence-corrected chi connectivity index (χ0v) is 15.6. The molecule has 1 heterocycles. The van der Waals surface area contributed by atoms with E-state index in [1.165, 1.54) is 6.07 Å². The summed E-state index contributed by atoms with van der Waals surface area (Å²) in [6, 6.07) is 15.7. The number of thiocarbonyl (C=S) groups is 1. The average Bonchev–Trinajstić information content (AvgIpc) is 2.97. The minimum Gasteiger partial charge on any atom is -0.329 e. The first-order valence-corrected chi connectivity index (χ1v) is 8.61. The van der Waals surface area contributed by atoms with Gasteiger partial charge in [-0.25, -0.2) is 9.07 Å². The predicted molar refractivity (Wildman–Crippen MR) is 106 cm³/mol. The van der Waals surface area contributed by atoms with Crippen LogP contribution in [0.4, 0.5) is 10.1 Å². The molecule has 27 heavy (non-hydrogen) atoms. The van der Waals surface area contributed by atoms with Crippen LogP contribution in [-0.2, 0) is 0 Å². The molecule has 0 aliphatic heterocycles. The number of nitrogens with one attached hydrogen (secondary N) is 3.